The minimum Gasteiger partial charge on any atom is -0.311 e. The van der Waals surface area contributed by atoms with E-state index in [1.54, 1.807) is 0 Å². The number of fused-ring (bicyclic) bond motifs is 7. The van der Waals surface area contributed by atoms with E-state index in [0.717, 1.165) is 51.9 Å². The third-order valence-corrected chi connectivity index (χ3v) is 11.7. The molecule has 1 aliphatic heterocycles. The highest BCUT2D eigenvalue weighted by atomic mass is 15.2. The minimum atomic E-state index is 0.853. The number of hydrogen-bond acceptors (Lipinski definition) is 2. The fraction of sp³-hybridized carbons (Fsp3) is 0.0182. The maximum Gasteiger partial charge on any atom is 0.0541 e. The molecule has 8 aromatic carbocycles. The number of nitrogens with zero attached hydrogens (tertiary/aromatic N) is 4. The largest absolute Gasteiger partial charge is 0.311 e. The van der Waals surface area contributed by atoms with Crippen molar-refractivity contribution in [1.29, 1.82) is 0 Å². The third kappa shape index (κ3) is 5.84. The van der Waals surface area contributed by atoms with Crippen LogP contribution in [0.2, 0.25) is 0 Å². The van der Waals surface area contributed by atoms with Crippen LogP contribution in [-0.4, -0.2) is 9.13 Å². The molecule has 0 bridgehead atoms. The van der Waals surface area contributed by atoms with Crippen LogP contribution in [-0.2, 0) is 6.42 Å². The van der Waals surface area contributed by atoms with Crippen LogP contribution >= 0.6 is 0 Å². The molecule has 0 unspecified atom stereocenters. The molecule has 0 aliphatic carbocycles. The highest BCUT2D eigenvalue weighted by molar-refractivity contribution is 6.10. The lowest BCUT2D eigenvalue weighted by Crippen LogP contribution is -2.16. The van der Waals surface area contributed by atoms with E-state index in [2.05, 4.69) is 244 Å². The lowest BCUT2D eigenvalue weighted by atomic mass is 10.1. The molecular formula is C55H40N4. The predicted octanol–water partition coefficient (Wildman–Crippen LogP) is 14.7. The van der Waals surface area contributed by atoms with Crippen molar-refractivity contribution in [3.05, 3.63) is 236 Å². The van der Waals surface area contributed by atoms with E-state index in [4.69, 9.17) is 0 Å². The van der Waals surface area contributed by atoms with Gasteiger partial charge in [-0.15, -0.1) is 0 Å². The van der Waals surface area contributed by atoms with Crippen LogP contribution in [0.3, 0.4) is 0 Å². The van der Waals surface area contributed by atoms with E-state index >= 15 is 0 Å². The van der Waals surface area contributed by atoms with Crippen LogP contribution in [0.1, 0.15) is 5.56 Å². The van der Waals surface area contributed by atoms with Gasteiger partial charge in [-0.2, -0.15) is 0 Å². The molecule has 4 nitrogen and oxygen atoms in total. The molecule has 280 valence electrons. The van der Waals surface area contributed by atoms with E-state index in [9.17, 15) is 0 Å². The summed E-state index contributed by atoms with van der Waals surface area (Å²) in [5.74, 6) is 0. The fourth-order valence-electron chi connectivity index (χ4n) is 8.98. The Morgan fingerprint density at radius 3 is 1.24 bits per heavy atom. The first-order chi connectivity index (χ1) is 29.2. The van der Waals surface area contributed by atoms with Gasteiger partial charge < -0.3 is 18.9 Å². The first-order valence-electron chi connectivity index (χ1n) is 20.2. The van der Waals surface area contributed by atoms with Crippen molar-refractivity contribution >= 4 is 72.0 Å². The number of anilines is 5. The van der Waals surface area contributed by atoms with Gasteiger partial charge in [-0.25, -0.2) is 0 Å². The zero-order valence-electron chi connectivity index (χ0n) is 32.5. The fourth-order valence-corrected chi connectivity index (χ4v) is 8.98. The van der Waals surface area contributed by atoms with Gasteiger partial charge in [0.1, 0.15) is 0 Å². The van der Waals surface area contributed by atoms with Crippen LogP contribution in [0, 0.1) is 0 Å². The van der Waals surface area contributed by atoms with E-state index in [1.165, 1.54) is 49.2 Å². The predicted molar refractivity (Wildman–Crippen MR) is 250 cm³/mol. The summed E-state index contributed by atoms with van der Waals surface area (Å²) in [5, 5.41) is 5.02. The van der Waals surface area contributed by atoms with E-state index < -0.39 is 0 Å². The van der Waals surface area contributed by atoms with Gasteiger partial charge in [0.05, 0.1) is 22.1 Å². The molecule has 0 spiro atoms. The van der Waals surface area contributed by atoms with Crippen molar-refractivity contribution < 1.29 is 0 Å². The van der Waals surface area contributed by atoms with Gasteiger partial charge in [0, 0.05) is 67.1 Å². The van der Waals surface area contributed by atoms with Gasteiger partial charge in [-0.3, -0.25) is 0 Å². The zero-order valence-corrected chi connectivity index (χ0v) is 32.5. The number of rotatable bonds is 6. The molecule has 0 saturated carbocycles. The first kappa shape index (κ1) is 34.4. The second kappa shape index (κ2) is 14.3. The average molecular weight is 757 g/mol. The molecule has 0 radical (unpaired) electrons. The smallest absolute Gasteiger partial charge is 0.0541 e. The van der Waals surface area contributed by atoms with Gasteiger partial charge in [0.25, 0.3) is 0 Å². The van der Waals surface area contributed by atoms with Gasteiger partial charge >= 0.3 is 0 Å². The Labute approximate surface area is 343 Å². The molecule has 0 saturated heterocycles. The first-order valence-corrected chi connectivity index (χ1v) is 20.2. The summed E-state index contributed by atoms with van der Waals surface area (Å²) in [6, 6.07) is 70.1. The topological polar surface area (TPSA) is 16.3 Å². The molecular weight excluding hydrogens is 717 g/mol. The van der Waals surface area contributed by atoms with Crippen LogP contribution in [0.5, 0.6) is 0 Å². The second-order valence-corrected chi connectivity index (χ2v) is 15.1. The highest BCUT2D eigenvalue weighted by Gasteiger charge is 2.20. The third-order valence-electron chi connectivity index (χ3n) is 11.7. The summed E-state index contributed by atoms with van der Waals surface area (Å²) >= 11 is 0. The van der Waals surface area contributed by atoms with E-state index in [1.807, 2.05) is 0 Å². The molecule has 1 aliphatic rings. The number of aromatic nitrogens is 2. The molecule has 0 fully saturated rings. The Morgan fingerprint density at radius 1 is 0.390 bits per heavy atom. The van der Waals surface area contributed by atoms with Crippen molar-refractivity contribution in [2.24, 2.45) is 0 Å². The van der Waals surface area contributed by atoms with Crippen molar-refractivity contribution in [2.75, 3.05) is 9.80 Å². The number of para-hydroxylation sites is 5. The Morgan fingerprint density at radius 2 is 0.780 bits per heavy atom. The van der Waals surface area contributed by atoms with E-state index in [-0.39, 0.29) is 0 Å². The number of benzene rings is 8. The highest BCUT2D eigenvalue weighted by Crippen LogP contribution is 2.41. The summed E-state index contributed by atoms with van der Waals surface area (Å²) in [5.41, 5.74) is 14.6. The quantitative estimate of drug-likeness (QED) is 0.168. The SMILES string of the molecule is C=C1/C=C\C=C/Cc2ccccc2N1c1ccc(N(c2ccc(-n3c4ccccc4c4ccccc43)cc2)c2ccc(-n3c4ccccc4c4ccccc43)cc2)cc1. The Bertz CT molecular complexity index is 2990. The number of allylic oxidation sites excluding steroid dienone is 4. The maximum atomic E-state index is 4.49. The average Bonchev–Trinajstić information content (AvgIpc) is 3.83. The number of hydrogen-bond donors (Lipinski definition) is 0. The van der Waals surface area contributed by atoms with Crippen LogP contribution in [0.25, 0.3) is 55.0 Å². The standard InChI is InChI=1S/C55H40N4/c1-39-15-3-2-4-16-40-17-5-10-22-51(40)56(39)41-27-29-42(30-28-41)57(43-31-35-45(36-32-43)58-52-23-11-6-18-47(52)48-19-7-12-24-53(48)58)44-33-37-46(38-34-44)59-54-25-13-8-20-49(54)50-21-9-14-26-55(50)59/h2-15,17-38H,1,16H2/b4-2-,15-3-. The van der Waals surface area contributed by atoms with Crippen molar-refractivity contribution in [2.45, 2.75) is 6.42 Å². The Kier molecular flexibility index (Phi) is 8.34. The molecule has 0 N–H and O–H groups in total. The summed E-state index contributed by atoms with van der Waals surface area (Å²) in [4.78, 5) is 4.61. The van der Waals surface area contributed by atoms with Crippen molar-refractivity contribution in [3.63, 3.8) is 0 Å². The van der Waals surface area contributed by atoms with Gasteiger partial charge in [0.15, 0.2) is 0 Å². The monoisotopic (exact) mass is 756 g/mol. The lowest BCUT2D eigenvalue weighted by molar-refractivity contribution is 1.16. The van der Waals surface area contributed by atoms with Crippen molar-refractivity contribution in [1.82, 2.24) is 9.13 Å². The molecule has 3 heterocycles. The molecule has 0 atom stereocenters. The minimum absolute atomic E-state index is 0.853. The van der Waals surface area contributed by atoms with Crippen molar-refractivity contribution in [3.8, 4) is 11.4 Å². The Hall–Kier alpha value is -7.82. The summed E-state index contributed by atoms with van der Waals surface area (Å²) in [6.07, 6.45) is 9.31. The van der Waals surface area contributed by atoms with Crippen LogP contribution in [0.4, 0.5) is 28.4 Å². The van der Waals surface area contributed by atoms with Gasteiger partial charge in [-0.05, 0) is 121 Å². The summed E-state index contributed by atoms with van der Waals surface area (Å²) in [6.45, 7) is 4.49. The van der Waals surface area contributed by atoms with Gasteiger partial charge in [-0.1, -0.05) is 116 Å². The van der Waals surface area contributed by atoms with E-state index in [0.29, 0.717) is 0 Å². The molecule has 11 rings (SSSR count). The zero-order chi connectivity index (χ0) is 39.3. The van der Waals surface area contributed by atoms with Crippen LogP contribution in [0.15, 0.2) is 231 Å². The maximum absolute atomic E-state index is 4.49. The Balaban J connectivity index is 1.03. The molecule has 59 heavy (non-hydrogen) atoms. The lowest BCUT2D eigenvalue weighted by Gasteiger charge is -2.29. The van der Waals surface area contributed by atoms with Gasteiger partial charge in [0.2, 0.25) is 0 Å². The van der Waals surface area contributed by atoms with Crippen LogP contribution < -0.4 is 9.80 Å². The molecule has 2 aromatic heterocycles. The molecule has 10 aromatic rings. The molecule has 0 amide bonds. The summed E-state index contributed by atoms with van der Waals surface area (Å²) in [7, 11) is 0. The normalized spacial score (nSPS) is 14.0. The molecule has 4 heteroatoms. The summed E-state index contributed by atoms with van der Waals surface area (Å²) < 4.78 is 4.74. The second-order valence-electron chi connectivity index (χ2n) is 15.1.